The molecule has 2 N–H and O–H groups in total. The second kappa shape index (κ2) is 8.59. The number of carbonyl (C=O) groups excluding carboxylic acids is 1. The largest absolute Gasteiger partial charge is 0.496 e. The minimum absolute atomic E-state index is 0.0372. The summed E-state index contributed by atoms with van der Waals surface area (Å²) < 4.78 is 21.2. The molecule has 1 aliphatic heterocycles. The van der Waals surface area contributed by atoms with Crippen molar-refractivity contribution in [3.63, 3.8) is 0 Å². The Morgan fingerprint density at radius 3 is 2.52 bits per heavy atom. The minimum atomic E-state index is -0.0372. The van der Waals surface area contributed by atoms with Crippen molar-refractivity contribution in [3.05, 3.63) is 17.7 Å². The van der Waals surface area contributed by atoms with Crippen molar-refractivity contribution in [2.24, 2.45) is 0 Å². The van der Waals surface area contributed by atoms with E-state index in [2.05, 4.69) is 10.6 Å². The zero-order valence-electron chi connectivity index (χ0n) is 13.8. The summed E-state index contributed by atoms with van der Waals surface area (Å²) in [7, 11) is 4.72. The Kier molecular flexibility index (Phi) is 6.49. The molecule has 0 saturated carbocycles. The van der Waals surface area contributed by atoms with Crippen LogP contribution in [0.4, 0.5) is 0 Å². The molecule has 0 aromatic heterocycles. The molecule has 1 aromatic carbocycles. The highest BCUT2D eigenvalue weighted by Crippen LogP contribution is 2.34. The van der Waals surface area contributed by atoms with Gasteiger partial charge in [-0.2, -0.15) is 0 Å². The zero-order valence-corrected chi connectivity index (χ0v) is 13.8. The Balaban J connectivity index is 1.97. The Morgan fingerprint density at radius 1 is 1.22 bits per heavy atom. The quantitative estimate of drug-likeness (QED) is 0.769. The topological polar surface area (TPSA) is 78.0 Å². The number of hydrogen-bond acceptors (Lipinski definition) is 6. The third-order valence-corrected chi connectivity index (χ3v) is 3.69. The van der Waals surface area contributed by atoms with Crippen molar-refractivity contribution >= 4 is 5.91 Å². The van der Waals surface area contributed by atoms with E-state index in [1.165, 1.54) is 0 Å². The zero-order chi connectivity index (χ0) is 16.7. The van der Waals surface area contributed by atoms with Gasteiger partial charge in [0, 0.05) is 37.2 Å². The average molecular weight is 324 g/mol. The normalized spacial score (nSPS) is 17.4. The van der Waals surface area contributed by atoms with Crippen LogP contribution in [0.5, 0.6) is 17.2 Å². The van der Waals surface area contributed by atoms with Crippen molar-refractivity contribution in [1.82, 2.24) is 10.6 Å². The Bertz CT molecular complexity index is 529. The molecule has 1 heterocycles. The lowest BCUT2D eigenvalue weighted by Crippen LogP contribution is -2.44. The molecule has 1 unspecified atom stereocenters. The highest BCUT2D eigenvalue weighted by Gasteiger charge is 2.17. The molecular formula is C16H24N2O5. The van der Waals surface area contributed by atoms with Crippen molar-refractivity contribution in [2.75, 3.05) is 41.1 Å². The van der Waals surface area contributed by atoms with E-state index in [0.717, 1.165) is 12.1 Å². The Hall–Kier alpha value is -1.99. The summed E-state index contributed by atoms with van der Waals surface area (Å²) in [6.07, 6.45) is 0.385. The number of rotatable bonds is 7. The maximum Gasteiger partial charge on any atom is 0.221 e. The first-order chi connectivity index (χ1) is 11.2. The van der Waals surface area contributed by atoms with Gasteiger partial charge in [0.15, 0.2) is 11.5 Å². The average Bonchev–Trinajstić information content (AvgIpc) is 2.59. The molecular weight excluding hydrogens is 300 g/mol. The second-order valence-electron chi connectivity index (χ2n) is 5.23. The number of methoxy groups -OCH3 is 3. The smallest absolute Gasteiger partial charge is 0.221 e. The SMILES string of the molecule is COc1cc(OC)c(OC)cc1CNC(=O)CC1COCCN1. The van der Waals surface area contributed by atoms with Gasteiger partial charge in [-0.25, -0.2) is 0 Å². The molecule has 2 rings (SSSR count). The van der Waals surface area contributed by atoms with Gasteiger partial charge in [-0.05, 0) is 6.07 Å². The van der Waals surface area contributed by atoms with Gasteiger partial charge in [-0.15, -0.1) is 0 Å². The number of nitrogens with one attached hydrogen (secondary N) is 2. The van der Waals surface area contributed by atoms with Gasteiger partial charge < -0.3 is 29.6 Å². The summed E-state index contributed by atoms with van der Waals surface area (Å²) in [5.41, 5.74) is 0.825. The van der Waals surface area contributed by atoms with E-state index in [1.54, 1.807) is 33.5 Å². The van der Waals surface area contributed by atoms with Gasteiger partial charge in [0.25, 0.3) is 0 Å². The molecule has 1 aliphatic rings. The fraction of sp³-hybridized carbons (Fsp3) is 0.562. The van der Waals surface area contributed by atoms with Gasteiger partial charge in [-0.3, -0.25) is 4.79 Å². The van der Waals surface area contributed by atoms with Crippen LogP contribution in [-0.2, 0) is 16.1 Å². The fourth-order valence-electron chi connectivity index (χ4n) is 2.47. The van der Waals surface area contributed by atoms with Gasteiger partial charge in [0.1, 0.15) is 5.75 Å². The standard InChI is InChI=1S/C16H24N2O5/c1-20-13-8-15(22-3)14(21-2)6-11(13)9-18-16(19)7-12-10-23-5-4-17-12/h6,8,12,17H,4-5,7,9-10H2,1-3H3,(H,18,19). The van der Waals surface area contributed by atoms with Crippen LogP contribution in [0.1, 0.15) is 12.0 Å². The predicted molar refractivity (Wildman–Crippen MR) is 85.2 cm³/mol. The number of benzene rings is 1. The van der Waals surface area contributed by atoms with Crippen LogP contribution in [0, 0.1) is 0 Å². The molecule has 0 bridgehead atoms. The third-order valence-electron chi connectivity index (χ3n) is 3.69. The summed E-state index contributed by atoms with van der Waals surface area (Å²) in [5, 5.41) is 6.16. The molecule has 1 saturated heterocycles. The van der Waals surface area contributed by atoms with Crippen LogP contribution in [0.3, 0.4) is 0 Å². The highest BCUT2D eigenvalue weighted by atomic mass is 16.5. The lowest BCUT2D eigenvalue weighted by atomic mass is 10.1. The van der Waals surface area contributed by atoms with Gasteiger partial charge in [0.2, 0.25) is 5.91 Å². The summed E-state index contributed by atoms with van der Waals surface area (Å²) >= 11 is 0. The molecule has 1 fully saturated rings. The van der Waals surface area contributed by atoms with Crippen LogP contribution in [0.2, 0.25) is 0 Å². The molecule has 1 amide bonds. The molecule has 0 spiro atoms. The molecule has 0 aliphatic carbocycles. The van der Waals surface area contributed by atoms with E-state index in [0.29, 0.717) is 43.4 Å². The van der Waals surface area contributed by atoms with Gasteiger partial charge in [0.05, 0.1) is 34.5 Å². The van der Waals surface area contributed by atoms with Gasteiger partial charge in [-0.1, -0.05) is 0 Å². The monoisotopic (exact) mass is 324 g/mol. The molecule has 128 valence electrons. The third kappa shape index (κ3) is 4.74. The molecule has 23 heavy (non-hydrogen) atoms. The minimum Gasteiger partial charge on any atom is -0.496 e. The summed E-state index contributed by atoms with van der Waals surface area (Å²) in [4.78, 5) is 12.1. The molecule has 7 heteroatoms. The van der Waals surface area contributed by atoms with E-state index in [-0.39, 0.29) is 11.9 Å². The highest BCUT2D eigenvalue weighted by molar-refractivity contribution is 5.76. The number of morpholine rings is 1. The lowest BCUT2D eigenvalue weighted by molar-refractivity contribution is -0.122. The number of carbonyl (C=O) groups is 1. The summed E-state index contributed by atoms with van der Waals surface area (Å²) in [5.74, 6) is 1.79. The molecule has 0 radical (unpaired) electrons. The summed E-state index contributed by atoms with van der Waals surface area (Å²) in [6, 6.07) is 3.62. The molecule has 1 atom stereocenters. The fourth-order valence-corrected chi connectivity index (χ4v) is 2.47. The first-order valence-electron chi connectivity index (χ1n) is 7.54. The second-order valence-corrected chi connectivity index (χ2v) is 5.23. The summed E-state index contributed by atoms with van der Waals surface area (Å²) in [6.45, 7) is 2.39. The van der Waals surface area contributed by atoms with Crippen LogP contribution in [-0.4, -0.2) is 53.0 Å². The number of hydrogen-bond donors (Lipinski definition) is 2. The Labute approximate surface area is 136 Å². The first-order valence-corrected chi connectivity index (χ1v) is 7.54. The predicted octanol–water partition coefficient (Wildman–Crippen LogP) is 0.707. The lowest BCUT2D eigenvalue weighted by Gasteiger charge is -2.23. The van der Waals surface area contributed by atoms with E-state index in [1.807, 2.05) is 0 Å². The van der Waals surface area contributed by atoms with Crippen molar-refractivity contribution < 1.29 is 23.7 Å². The number of ether oxygens (including phenoxy) is 4. The van der Waals surface area contributed by atoms with Crippen LogP contribution < -0.4 is 24.8 Å². The van der Waals surface area contributed by atoms with E-state index >= 15 is 0 Å². The van der Waals surface area contributed by atoms with Crippen molar-refractivity contribution in [3.8, 4) is 17.2 Å². The molecule has 7 nitrogen and oxygen atoms in total. The number of amides is 1. The molecule has 1 aromatic rings. The van der Waals surface area contributed by atoms with Crippen molar-refractivity contribution in [1.29, 1.82) is 0 Å². The van der Waals surface area contributed by atoms with Gasteiger partial charge >= 0.3 is 0 Å². The van der Waals surface area contributed by atoms with Crippen LogP contribution in [0.15, 0.2) is 12.1 Å². The van der Waals surface area contributed by atoms with Crippen LogP contribution >= 0.6 is 0 Å². The maximum atomic E-state index is 12.1. The van der Waals surface area contributed by atoms with E-state index < -0.39 is 0 Å². The Morgan fingerprint density at radius 2 is 1.91 bits per heavy atom. The maximum absolute atomic E-state index is 12.1. The van der Waals surface area contributed by atoms with Crippen molar-refractivity contribution in [2.45, 2.75) is 19.0 Å². The van der Waals surface area contributed by atoms with Crippen LogP contribution in [0.25, 0.3) is 0 Å². The van der Waals surface area contributed by atoms with E-state index in [9.17, 15) is 4.79 Å². The first kappa shape index (κ1) is 17.4. The van der Waals surface area contributed by atoms with E-state index in [4.69, 9.17) is 18.9 Å².